The molecule has 0 radical (unpaired) electrons. The van der Waals surface area contributed by atoms with Crippen molar-refractivity contribution >= 4 is 22.2 Å². The highest BCUT2D eigenvalue weighted by Gasteiger charge is 2.13. The molecule has 0 amide bonds. The van der Waals surface area contributed by atoms with Crippen molar-refractivity contribution in [3.05, 3.63) is 55.9 Å². The van der Waals surface area contributed by atoms with E-state index in [-0.39, 0.29) is 28.0 Å². The quantitative estimate of drug-likeness (QED) is 0.361. The number of benzene rings is 1. The van der Waals surface area contributed by atoms with Crippen LogP contribution in [0.1, 0.15) is 12.5 Å². The Morgan fingerprint density at radius 3 is 2.52 bits per heavy atom. The van der Waals surface area contributed by atoms with Crippen molar-refractivity contribution in [1.82, 2.24) is 0 Å². The monoisotopic (exact) mass is 281 g/mol. The number of nitro benzene ring substituents is 1. The minimum Gasteiger partial charge on any atom is -0.422 e. The number of nitrogens with zero attached hydrogens (tertiary/aromatic N) is 3. The molecule has 0 aliphatic rings. The molecule has 0 bridgehead atoms. The lowest BCUT2D eigenvalue weighted by Crippen LogP contribution is -2.06. The summed E-state index contributed by atoms with van der Waals surface area (Å²) >= 11 is 0. The van der Waals surface area contributed by atoms with E-state index >= 15 is 0 Å². The fourth-order valence-corrected chi connectivity index (χ4v) is 1.81. The van der Waals surface area contributed by atoms with E-state index in [9.17, 15) is 14.9 Å². The largest absolute Gasteiger partial charge is 0.422 e. The zero-order valence-corrected chi connectivity index (χ0v) is 10.8. The number of rotatable bonds is 2. The number of nitriles is 2. The van der Waals surface area contributed by atoms with Crippen molar-refractivity contribution in [2.24, 2.45) is 0 Å². The summed E-state index contributed by atoms with van der Waals surface area (Å²) in [7, 11) is 0. The summed E-state index contributed by atoms with van der Waals surface area (Å²) < 4.78 is 5.06. The smallest absolute Gasteiger partial charge is 0.343 e. The van der Waals surface area contributed by atoms with Gasteiger partial charge in [-0.3, -0.25) is 10.1 Å². The lowest BCUT2D eigenvalue weighted by molar-refractivity contribution is -0.384. The van der Waals surface area contributed by atoms with Crippen molar-refractivity contribution in [2.75, 3.05) is 0 Å². The lowest BCUT2D eigenvalue weighted by Gasteiger charge is -2.02. The van der Waals surface area contributed by atoms with Gasteiger partial charge in [0.1, 0.15) is 23.3 Å². The molecule has 0 atom stereocenters. The fourth-order valence-electron chi connectivity index (χ4n) is 1.81. The van der Waals surface area contributed by atoms with Crippen LogP contribution in [0.15, 0.2) is 39.1 Å². The third kappa shape index (κ3) is 2.48. The lowest BCUT2D eigenvalue weighted by atomic mass is 10.0. The van der Waals surface area contributed by atoms with Gasteiger partial charge in [0.2, 0.25) is 0 Å². The third-order valence-electron chi connectivity index (χ3n) is 2.93. The van der Waals surface area contributed by atoms with Crippen LogP contribution in [0.25, 0.3) is 16.5 Å². The van der Waals surface area contributed by atoms with Gasteiger partial charge in [0.05, 0.1) is 10.5 Å². The van der Waals surface area contributed by atoms with Crippen LogP contribution in [-0.4, -0.2) is 4.92 Å². The minimum atomic E-state index is -0.711. The summed E-state index contributed by atoms with van der Waals surface area (Å²) in [5.74, 6) is 0. The molecule has 7 nitrogen and oxygen atoms in total. The maximum absolute atomic E-state index is 11.9. The van der Waals surface area contributed by atoms with Crippen LogP contribution in [0, 0.1) is 32.8 Å². The van der Waals surface area contributed by atoms with Crippen LogP contribution < -0.4 is 5.63 Å². The fraction of sp³-hybridized carbons (Fsp3) is 0.0714. The summed E-state index contributed by atoms with van der Waals surface area (Å²) in [5, 5.41) is 28.7. The summed E-state index contributed by atoms with van der Waals surface area (Å²) in [6.07, 6.45) is 0. The average Bonchev–Trinajstić information content (AvgIpc) is 2.47. The molecule has 1 aromatic carbocycles. The Kier molecular flexibility index (Phi) is 3.51. The van der Waals surface area contributed by atoms with Crippen molar-refractivity contribution in [3.63, 3.8) is 0 Å². The Labute approximate surface area is 118 Å². The molecule has 0 fully saturated rings. The SMILES string of the molecule is CC(=C(C#N)C#N)c1cc2cc([N+](=O)[O-])ccc2oc1=O. The van der Waals surface area contributed by atoms with E-state index < -0.39 is 10.5 Å². The molecule has 2 aromatic rings. The molecule has 21 heavy (non-hydrogen) atoms. The van der Waals surface area contributed by atoms with Crippen LogP contribution in [-0.2, 0) is 0 Å². The minimum absolute atomic E-state index is 0.0288. The Morgan fingerprint density at radius 2 is 1.95 bits per heavy atom. The second-order valence-corrected chi connectivity index (χ2v) is 4.15. The first-order chi connectivity index (χ1) is 9.97. The molecule has 0 saturated heterocycles. The van der Waals surface area contributed by atoms with Gasteiger partial charge in [0.15, 0.2) is 0 Å². The molecule has 102 valence electrons. The number of non-ortho nitro benzene ring substituents is 1. The third-order valence-corrected chi connectivity index (χ3v) is 2.93. The molecule has 0 N–H and O–H groups in total. The number of fused-ring (bicyclic) bond motifs is 1. The van der Waals surface area contributed by atoms with Crippen molar-refractivity contribution in [1.29, 1.82) is 10.5 Å². The molecule has 0 unspecified atom stereocenters. The van der Waals surface area contributed by atoms with E-state index in [2.05, 4.69) is 0 Å². The first kappa shape index (κ1) is 14.0. The molecular formula is C14H7N3O4. The zero-order valence-electron chi connectivity index (χ0n) is 10.8. The van der Waals surface area contributed by atoms with E-state index in [0.717, 1.165) is 0 Å². The van der Waals surface area contributed by atoms with Gasteiger partial charge in [-0.05, 0) is 24.6 Å². The summed E-state index contributed by atoms with van der Waals surface area (Å²) in [4.78, 5) is 22.1. The Balaban J connectivity index is 2.78. The molecule has 0 aliphatic heterocycles. The summed E-state index contributed by atoms with van der Waals surface area (Å²) in [6.45, 7) is 1.44. The number of nitro groups is 1. The molecular weight excluding hydrogens is 274 g/mol. The van der Waals surface area contributed by atoms with Crippen LogP contribution in [0.3, 0.4) is 0 Å². The van der Waals surface area contributed by atoms with E-state index in [1.54, 1.807) is 12.1 Å². The standard InChI is InChI=1S/C14H7N3O4/c1-8(10(6-15)7-16)12-5-9-4-11(17(19)20)2-3-13(9)21-14(12)18/h2-5H,1H3. The van der Waals surface area contributed by atoms with Gasteiger partial charge in [-0.25, -0.2) is 4.79 Å². The van der Waals surface area contributed by atoms with E-state index in [0.29, 0.717) is 5.39 Å². The van der Waals surface area contributed by atoms with E-state index in [1.165, 1.54) is 31.2 Å². The predicted octanol–water partition coefficient (Wildman–Crippen LogP) is 2.52. The Hall–Kier alpha value is -3.45. The molecule has 0 spiro atoms. The maximum atomic E-state index is 11.9. The Bertz CT molecular complexity index is 910. The first-order valence-corrected chi connectivity index (χ1v) is 5.71. The number of allylic oxidation sites excluding steroid dienone is 2. The van der Waals surface area contributed by atoms with Gasteiger partial charge >= 0.3 is 5.63 Å². The van der Waals surface area contributed by atoms with Crippen LogP contribution >= 0.6 is 0 Å². The highest BCUT2D eigenvalue weighted by molar-refractivity contribution is 5.84. The highest BCUT2D eigenvalue weighted by Crippen LogP contribution is 2.23. The van der Waals surface area contributed by atoms with Gasteiger partial charge in [-0.1, -0.05) is 0 Å². The van der Waals surface area contributed by atoms with Gasteiger partial charge in [-0.2, -0.15) is 10.5 Å². The molecule has 2 rings (SSSR count). The second kappa shape index (κ2) is 5.27. The molecule has 7 heteroatoms. The van der Waals surface area contributed by atoms with Gasteiger partial charge in [0.25, 0.3) is 5.69 Å². The number of hydrogen-bond donors (Lipinski definition) is 0. The maximum Gasteiger partial charge on any atom is 0.343 e. The molecule has 1 aromatic heterocycles. The summed E-state index contributed by atoms with van der Waals surface area (Å²) in [6, 6.07) is 8.55. The van der Waals surface area contributed by atoms with E-state index in [1.807, 2.05) is 0 Å². The Morgan fingerprint density at radius 1 is 1.29 bits per heavy atom. The zero-order chi connectivity index (χ0) is 15.6. The van der Waals surface area contributed by atoms with Gasteiger partial charge in [0, 0.05) is 17.5 Å². The van der Waals surface area contributed by atoms with Crippen LogP contribution in [0.5, 0.6) is 0 Å². The normalized spacial score (nSPS) is 9.67. The van der Waals surface area contributed by atoms with Gasteiger partial charge in [-0.15, -0.1) is 0 Å². The van der Waals surface area contributed by atoms with Crippen molar-refractivity contribution in [3.8, 4) is 12.1 Å². The second-order valence-electron chi connectivity index (χ2n) is 4.15. The predicted molar refractivity (Wildman–Crippen MR) is 73.0 cm³/mol. The highest BCUT2D eigenvalue weighted by atomic mass is 16.6. The molecule has 0 aliphatic carbocycles. The van der Waals surface area contributed by atoms with Crippen LogP contribution in [0.2, 0.25) is 0 Å². The first-order valence-electron chi connectivity index (χ1n) is 5.71. The molecule has 0 saturated carbocycles. The van der Waals surface area contributed by atoms with Crippen molar-refractivity contribution < 1.29 is 9.34 Å². The van der Waals surface area contributed by atoms with Gasteiger partial charge < -0.3 is 4.42 Å². The summed E-state index contributed by atoms with van der Waals surface area (Å²) in [5.41, 5.74) is -0.686. The van der Waals surface area contributed by atoms with Crippen molar-refractivity contribution in [2.45, 2.75) is 6.92 Å². The number of hydrogen-bond acceptors (Lipinski definition) is 6. The van der Waals surface area contributed by atoms with Crippen LogP contribution in [0.4, 0.5) is 5.69 Å². The average molecular weight is 281 g/mol. The molecule has 1 heterocycles. The van der Waals surface area contributed by atoms with E-state index in [4.69, 9.17) is 14.9 Å². The topological polar surface area (TPSA) is 121 Å².